The molecule has 0 saturated carbocycles. The first-order chi connectivity index (χ1) is 15.4. The van der Waals surface area contributed by atoms with E-state index in [1.165, 1.54) is 0 Å². The number of nitrogens with zero attached hydrogens (tertiary/aromatic N) is 2. The van der Waals surface area contributed by atoms with E-state index >= 15 is 0 Å². The van der Waals surface area contributed by atoms with Gasteiger partial charge in [-0.15, -0.1) is 0 Å². The maximum atomic E-state index is 3.66. The third kappa shape index (κ3) is 3.94. The molecule has 0 radical (unpaired) electrons. The zero-order chi connectivity index (χ0) is 20.9. The van der Waals surface area contributed by atoms with Crippen LogP contribution in [-0.2, 0) is 0 Å². The van der Waals surface area contributed by atoms with E-state index < -0.39 is 0 Å². The number of para-hydroxylation sites is 4. The molecule has 0 aliphatic carbocycles. The Morgan fingerprint density at radius 3 is 0.839 bits per heavy atom. The van der Waals surface area contributed by atoms with Gasteiger partial charge in [0.15, 0.2) is 0 Å². The minimum Gasteiger partial charge on any atom is -0.327 e. The number of anilines is 6. The lowest BCUT2D eigenvalue weighted by Gasteiger charge is -2.26. The molecule has 5 rings (SSSR count). The van der Waals surface area contributed by atoms with E-state index in [1.807, 2.05) is 24.3 Å². The predicted octanol–water partition coefficient (Wildman–Crippen LogP) is 7.95. The average molecular weight is 402 g/mol. The van der Waals surface area contributed by atoms with Crippen molar-refractivity contribution in [1.82, 2.24) is 4.98 Å². The Morgan fingerprint density at radius 2 is 0.581 bits per heavy atom. The summed E-state index contributed by atoms with van der Waals surface area (Å²) in [7, 11) is 0. The number of H-pyrrole nitrogens is 1. The van der Waals surface area contributed by atoms with Crippen molar-refractivity contribution in [2.24, 2.45) is 0 Å². The second-order valence-electron chi connectivity index (χ2n) is 7.24. The molecule has 3 nitrogen and oxygen atoms in total. The molecule has 1 N–H and O–H groups in total. The van der Waals surface area contributed by atoms with Crippen molar-refractivity contribution in [2.45, 2.75) is 0 Å². The average Bonchev–Trinajstić information content (AvgIpc) is 3.31. The second-order valence-corrected chi connectivity index (χ2v) is 7.24. The van der Waals surface area contributed by atoms with E-state index in [0.717, 1.165) is 34.4 Å². The highest BCUT2D eigenvalue weighted by molar-refractivity contribution is 5.79. The van der Waals surface area contributed by atoms with Crippen molar-refractivity contribution in [2.75, 3.05) is 9.80 Å². The lowest BCUT2D eigenvalue weighted by atomic mass is 10.2. The van der Waals surface area contributed by atoms with Crippen LogP contribution in [0, 0.1) is 0 Å². The monoisotopic (exact) mass is 401 g/mol. The van der Waals surface area contributed by atoms with Gasteiger partial charge in [-0.1, -0.05) is 72.8 Å². The molecule has 1 heterocycles. The summed E-state index contributed by atoms with van der Waals surface area (Å²) in [6, 6.07) is 45.9. The van der Waals surface area contributed by atoms with Gasteiger partial charge >= 0.3 is 0 Å². The number of nitrogens with one attached hydrogen (secondary N) is 1. The SMILES string of the molecule is c1ccc(N(c2ccccc2)c2ccc(N(c3ccccc3)c3ccccc3)[nH]2)cc1. The zero-order valence-corrected chi connectivity index (χ0v) is 17.1. The molecule has 1 aromatic heterocycles. The van der Waals surface area contributed by atoms with Crippen LogP contribution < -0.4 is 9.80 Å². The molecule has 0 spiro atoms. The van der Waals surface area contributed by atoms with Gasteiger partial charge < -0.3 is 4.98 Å². The number of aromatic amines is 1. The smallest absolute Gasteiger partial charge is 0.116 e. The first-order valence-electron chi connectivity index (χ1n) is 10.4. The van der Waals surface area contributed by atoms with Gasteiger partial charge in [-0.3, -0.25) is 9.80 Å². The van der Waals surface area contributed by atoms with Gasteiger partial charge in [0.1, 0.15) is 11.6 Å². The maximum absolute atomic E-state index is 3.66. The molecule has 0 atom stereocenters. The number of aromatic nitrogens is 1. The topological polar surface area (TPSA) is 22.3 Å². The van der Waals surface area contributed by atoms with E-state index in [2.05, 4.69) is 124 Å². The van der Waals surface area contributed by atoms with E-state index in [9.17, 15) is 0 Å². The summed E-state index contributed by atoms with van der Waals surface area (Å²) >= 11 is 0. The zero-order valence-electron chi connectivity index (χ0n) is 17.1. The molecule has 0 bridgehead atoms. The van der Waals surface area contributed by atoms with Crippen LogP contribution >= 0.6 is 0 Å². The molecular weight excluding hydrogens is 378 g/mol. The molecule has 3 heteroatoms. The van der Waals surface area contributed by atoms with Crippen molar-refractivity contribution in [3.05, 3.63) is 133 Å². The van der Waals surface area contributed by atoms with Crippen LogP contribution in [0.4, 0.5) is 34.4 Å². The largest absolute Gasteiger partial charge is 0.327 e. The molecule has 0 amide bonds. The highest BCUT2D eigenvalue weighted by Gasteiger charge is 2.18. The fourth-order valence-electron chi connectivity index (χ4n) is 3.80. The van der Waals surface area contributed by atoms with Crippen LogP contribution in [0.1, 0.15) is 0 Å². The molecular formula is C28H23N3. The first kappa shape index (κ1) is 18.8. The van der Waals surface area contributed by atoms with Crippen LogP contribution in [0.2, 0.25) is 0 Å². The Hall–Kier alpha value is -4.24. The van der Waals surface area contributed by atoms with Crippen molar-refractivity contribution in [1.29, 1.82) is 0 Å². The first-order valence-corrected chi connectivity index (χ1v) is 10.4. The Labute approximate surface area is 182 Å². The van der Waals surface area contributed by atoms with Crippen molar-refractivity contribution in [3.8, 4) is 0 Å². The van der Waals surface area contributed by atoms with Crippen molar-refractivity contribution in [3.63, 3.8) is 0 Å². The molecule has 0 aliphatic heterocycles. The second kappa shape index (κ2) is 8.64. The third-order valence-electron chi connectivity index (χ3n) is 5.19. The van der Waals surface area contributed by atoms with Gasteiger partial charge in [0.25, 0.3) is 0 Å². The Balaban J connectivity index is 1.61. The van der Waals surface area contributed by atoms with E-state index in [0.29, 0.717) is 0 Å². The van der Waals surface area contributed by atoms with Gasteiger partial charge in [0, 0.05) is 22.7 Å². The quantitative estimate of drug-likeness (QED) is 0.312. The molecule has 4 aromatic carbocycles. The number of hydrogen-bond donors (Lipinski definition) is 1. The molecule has 0 fully saturated rings. The molecule has 31 heavy (non-hydrogen) atoms. The number of rotatable bonds is 6. The standard InChI is InChI=1S/C28H23N3/c1-5-13-23(14-6-1)30(24-15-7-2-8-16-24)27-21-22-28(29-27)31(25-17-9-3-10-18-25)26-19-11-4-12-20-26/h1-22,29H. The molecule has 150 valence electrons. The van der Waals surface area contributed by atoms with Gasteiger partial charge in [-0.05, 0) is 60.7 Å². The highest BCUT2D eigenvalue weighted by atomic mass is 15.3. The fourth-order valence-corrected chi connectivity index (χ4v) is 3.80. The van der Waals surface area contributed by atoms with E-state index in [-0.39, 0.29) is 0 Å². The highest BCUT2D eigenvalue weighted by Crippen LogP contribution is 2.38. The minimum atomic E-state index is 1.00. The Bertz CT molecular complexity index is 1040. The van der Waals surface area contributed by atoms with Crippen LogP contribution in [0.3, 0.4) is 0 Å². The lowest BCUT2D eigenvalue weighted by Crippen LogP contribution is -2.12. The summed E-state index contributed by atoms with van der Waals surface area (Å²) in [5, 5.41) is 0. The van der Waals surface area contributed by atoms with Crippen LogP contribution in [0.5, 0.6) is 0 Å². The van der Waals surface area contributed by atoms with Crippen molar-refractivity contribution < 1.29 is 0 Å². The molecule has 0 aliphatic rings. The van der Waals surface area contributed by atoms with Gasteiger partial charge in [0.2, 0.25) is 0 Å². The van der Waals surface area contributed by atoms with Gasteiger partial charge in [0.05, 0.1) is 0 Å². The van der Waals surface area contributed by atoms with Crippen LogP contribution in [-0.4, -0.2) is 4.98 Å². The Morgan fingerprint density at radius 1 is 0.323 bits per heavy atom. The Kier molecular flexibility index (Phi) is 5.23. The summed E-state index contributed by atoms with van der Waals surface area (Å²) in [6.07, 6.45) is 0. The molecule has 0 saturated heterocycles. The predicted molar refractivity (Wildman–Crippen MR) is 130 cm³/mol. The van der Waals surface area contributed by atoms with E-state index in [1.54, 1.807) is 0 Å². The fraction of sp³-hybridized carbons (Fsp3) is 0. The number of benzene rings is 4. The van der Waals surface area contributed by atoms with E-state index in [4.69, 9.17) is 0 Å². The van der Waals surface area contributed by atoms with Crippen LogP contribution in [0.15, 0.2) is 133 Å². The summed E-state index contributed by atoms with van der Waals surface area (Å²) < 4.78 is 0. The molecule has 0 unspecified atom stereocenters. The van der Waals surface area contributed by atoms with Gasteiger partial charge in [-0.25, -0.2) is 0 Å². The maximum Gasteiger partial charge on any atom is 0.116 e. The summed E-state index contributed by atoms with van der Waals surface area (Å²) in [6.45, 7) is 0. The normalized spacial score (nSPS) is 10.6. The third-order valence-corrected chi connectivity index (χ3v) is 5.19. The van der Waals surface area contributed by atoms with Crippen LogP contribution in [0.25, 0.3) is 0 Å². The van der Waals surface area contributed by atoms with Crippen molar-refractivity contribution >= 4 is 34.4 Å². The summed E-state index contributed by atoms with van der Waals surface area (Å²) in [5.74, 6) is 2.01. The van der Waals surface area contributed by atoms with Gasteiger partial charge in [-0.2, -0.15) is 0 Å². The summed E-state index contributed by atoms with van der Waals surface area (Å²) in [4.78, 5) is 8.13. The molecule has 5 aromatic rings. The number of hydrogen-bond acceptors (Lipinski definition) is 2. The minimum absolute atomic E-state index is 1.00. The summed E-state index contributed by atoms with van der Waals surface area (Å²) in [5.41, 5.74) is 4.42. The lowest BCUT2D eigenvalue weighted by molar-refractivity contribution is 1.17.